The molecule has 0 radical (unpaired) electrons. The number of nitrogens with zero attached hydrogens (tertiary/aromatic N) is 2. The van der Waals surface area contributed by atoms with Crippen molar-refractivity contribution in [2.75, 3.05) is 18.4 Å². The molecule has 0 amide bonds. The number of anilines is 1. The fourth-order valence-corrected chi connectivity index (χ4v) is 1.17. The molecule has 0 saturated carbocycles. The van der Waals surface area contributed by atoms with Gasteiger partial charge in [0.15, 0.2) is 0 Å². The van der Waals surface area contributed by atoms with Gasteiger partial charge in [-0.2, -0.15) is 0 Å². The first-order valence-electron chi connectivity index (χ1n) is 4.17. The topological polar surface area (TPSA) is 63.8 Å². The Kier molecular flexibility index (Phi) is 3.92. The predicted molar refractivity (Wildman–Crippen MR) is 53.9 cm³/mol. The molecule has 0 unspecified atom stereocenters. The van der Waals surface area contributed by atoms with Crippen LogP contribution in [-0.4, -0.2) is 23.1 Å². The van der Waals surface area contributed by atoms with Crippen LogP contribution in [0.15, 0.2) is 6.07 Å². The molecule has 1 heterocycles. The molecule has 1 aromatic heterocycles. The summed E-state index contributed by atoms with van der Waals surface area (Å²) in [4.78, 5) is 8.11. The van der Waals surface area contributed by atoms with Gasteiger partial charge < -0.3 is 11.1 Å². The number of nitrogens with two attached hydrogens (primary N) is 1. The molecule has 72 valence electrons. The Hall–Kier alpha value is -0.870. The normalized spacial score (nSPS) is 10.1. The van der Waals surface area contributed by atoms with E-state index >= 15 is 0 Å². The molecular formula is C8H13ClN4. The van der Waals surface area contributed by atoms with E-state index in [9.17, 15) is 0 Å². The summed E-state index contributed by atoms with van der Waals surface area (Å²) in [5.41, 5.74) is 5.35. The first-order chi connectivity index (χ1) is 6.22. The summed E-state index contributed by atoms with van der Waals surface area (Å²) in [6, 6.07) is 1.70. The third-order valence-corrected chi connectivity index (χ3v) is 1.69. The Labute approximate surface area is 82.5 Å². The summed E-state index contributed by atoms with van der Waals surface area (Å²) in [6.45, 7) is 3.29. The van der Waals surface area contributed by atoms with Crippen molar-refractivity contribution in [1.29, 1.82) is 0 Å². The molecular weight excluding hydrogens is 188 g/mol. The van der Waals surface area contributed by atoms with Crippen molar-refractivity contribution in [3.05, 3.63) is 17.0 Å². The molecule has 0 bridgehead atoms. The molecule has 0 aliphatic carbocycles. The number of halogens is 1. The van der Waals surface area contributed by atoms with E-state index in [1.54, 1.807) is 13.0 Å². The fourth-order valence-electron chi connectivity index (χ4n) is 0.940. The highest BCUT2D eigenvalue weighted by molar-refractivity contribution is 6.29. The lowest BCUT2D eigenvalue weighted by atomic mass is 10.4. The number of hydrogen-bond acceptors (Lipinski definition) is 4. The molecule has 1 aromatic rings. The van der Waals surface area contributed by atoms with Crippen LogP contribution in [0.1, 0.15) is 12.2 Å². The van der Waals surface area contributed by atoms with Crippen LogP contribution in [0.2, 0.25) is 5.15 Å². The summed E-state index contributed by atoms with van der Waals surface area (Å²) in [6.07, 6.45) is 0.917. The minimum Gasteiger partial charge on any atom is -0.370 e. The lowest BCUT2D eigenvalue weighted by Gasteiger charge is -2.04. The SMILES string of the molecule is Cc1nc(Cl)cc(NCCCN)n1. The van der Waals surface area contributed by atoms with Gasteiger partial charge in [0.2, 0.25) is 0 Å². The van der Waals surface area contributed by atoms with Crippen molar-refractivity contribution in [3.63, 3.8) is 0 Å². The van der Waals surface area contributed by atoms with Crippen LogP contribution in [0.25, 0.3) is 0 Å². The van der Waals surface area contributed by atoms with Gasteiger partial charge in [-0.15, -0.1) is 0 Å². The van der Waals surface area contributed by atoms with E-state index in [0.29, 0.717) is 17.5 Å². The third kappa shape index (κ3) is 3.57. The first-order valence-corrected chi connectivity index (χ1v) is 4.55. The fraction of sp³-hybridized carbons (Fsp3) is 0.500. The van der Waals surface area contributed by atoms with Gasteiger partial charge in [0.05, 0.1) is 0 Å². The number of aromatic nitrogens is 2. The summed E-state index contributed by atoms with van der Waals surface area (Å²) in [5, 5.41) is 3.57. The second kappa shape index (κ2) is 4.99. The highest BCUT2D eigenvalue weighted by atomic mass is 35.5. The minimum atomic E-state index is 0.461. The largest absolute Gasteiger partial charge is 0.370 e. The molecule has 0 saturated heterocycles. The third-order valence-electron chi connectivity index (χ3n) is 1.49. The average Bonchev–Trinajstić information content (AvgIpc) is 2.03. The van der Waals surface area contributed by atoms with E-state index in [-0.39, 0.29) is 0 Å². The number of nitrogens with one attached hydrogen (secondary N) is 1. The van der Waals surface area contributed by atoms with Gasteiger partial charge >= 0.3 is 0 Å². The predicted octanol–water partition coefficient (Wildman–Crippen LogP) is 1.20. The van der Waals surface area contributed by atoms with E-state index in [4.69, 9.17) is 17.3 Å². The molecule has 1 rings (SSSR count). The molecule has 0 aromatic carbocycles. The van der Waals surface area contributed by atoms with Crippen molar-refractivity contribution in [2.24, 2.45) is 5.73 Å². The summed E-state index contributed by atoms with van der Waals surface area (Å²) >= 11 is 5.75. The van der Waals surface area contributed by atoms with Crippen LogP contribution >= 0.6 is 11.6 Å². The Morgan fingerprint density at radius 3 is 2.92 bits per heavy atom. The average molecular weight is 201 g/mol. The Morgan fingerprint density at radius 2 is 2.31 bits per heavy atom. The van der Waals surface area contributed by atoms with Crippen LogP contribution in [0.4, 0.5) is 5.82 Å². The van der Waals surface area contributed by atoms with Gasteiger partial charge in [-0.05, 0) is 19.9 Å². The molecule has 4 nitrogen and oxygen atoms in total. The first kappa shape index (κ1) is 10.2. The molecule has 13 heavy (non-hydrogen) atoms. The summed E-state index contributed by atoms with van der Waals surface area (Å²) < 4.78 is 0. The number of rotatable bonds is 4. The highest BCUT2D eigenvalue weighted by Crippen LogP contribution is 2.10. The zero-order valence-corrected chi connectivity index (χ0v) is 8.30. The van der Waals surface area contributed by atoms with E-state index in [0.717, 1.165) is 18.8 Å². The van der Waals surface area contributed by atoms with Gasteiger partial charge in [0, 0.05) is 12.6 Å². The van der Waals surface area contributed by atoms with Crippen LogP contribution in [0.3, 0.4) is 0 Å². The second-order valence-electron chi connectivity index (χ2n) is 2.69. The Bertz CT molecular complexity index is 257. The van der Waals surface area contributed by atoms with Gasteiger partial charge in [-0.25, -0.2) is 9.97 Å². The van der Waals surface area contributed by atoms with Crippen molar-refractivity contribution in [2.45, 2.75) is 13.3 Å². The lowest BCUT2D eigenvalue weighted by Crippen LogP contribution is -2.09. The minimum absolute atomic E-state index is 0.461. The van der Waals surface area contributed by atoms with Crippen LogP contribution in [0, 0.1) is 6.92 Å². The van der Waals surface area contributed by atoms with Gasteiger partial charge in [-0.3, -0.25) is 0 Å². The van der Waals surface area contributed by atoms with E-state index in [1.807, 2.05) is 0 Å². The Balaban J connectivity index is 2.56. The van der Waals surface area contributed by atoms with Crippen LogP contribution < -0.4 is 11.1 Å². The lowest BCUT2D eigenvalue weighted by molar-refractivity contribution is 0.867. The van der Waals surface area contributed by atoms with E-state index < -0.39 is 0 Å². The smallest absolute Gasteiger partial charge is 0.134 e. The highest BCUT2D eigenvalue weighted by Gasteiger charge is 1.97. The molecule has 0 spiro atoms. The van der Waals surface area contributed by atoms with Gasteiger partial charge in [0.25, 0.3) is 0 Å². The number of hydrogen-bond donors (Lipinski definition) is 2. The molecule has 5 heteroatoms. The summed E-state index contributed by atoms with van der Waals surface area (Å²) in [5.74, 6) is 1.42. The summed E-state index contributed by atoms with van der Waals surface area (Å²) in [7, 11) is 0. The van der Waals surface area contributed by atoms with Crippen LogP contribution in [0.5, 0.6) is 0 Å². The van der Waals surface area contributed by atoms with Crippen molar-refractivity contribution >= 4 is 17.4 Å². The van der Waals surface area contributed by atoms with Crippen molar-refractivity contribution < 1.29 is 0 Å². The second-order valence-corrected chi connectivity index (χ2v) is 3.08. The maximum atomic E-state index is 5.75. The maximum absolute atomic E-state index is 5.75. The standard InChI is InChI=1S/C8H13ClN4/c1-6-12-7(9)5-8(13-6)11-4-2-3-10/h5H,2-4,10H2,1H3,(H,11,12,13). The van der Waals surface area contributed by atoms with E-state index in [2.05, 4.69) is 15.3 Å². The molecule has 3 N–H and O–H groups in total. The monoisotopic (exact) mass is 200 g/mol. The zero-order chi connectivity index (χ0) is 9.68. The Morgan fingerprint density at radius 1 is 1.54 bits per heavy atom. The van der Waals surface area contributed by atoms with Crippen LogP contribution in [-0.2, 0) is 0 Å². The molecule has 0 fully saturated rings. The van der Waals surface area contributed by atoms with Gasteiger partial charge in [-0.1, -0.05) is 11.6 Å². The molecule has 0 aliphatic heterocycles. The van der Waals surface area contributed by atoms with Crippen molar-refractivity contribution in [3.8, 4) is 0 Å². The van der Waals surface area contributed by atoms with E-state index in [1.165, 1.54) is 0 Å². The quantitative estimate of drug-likeness (QED) is 0.566. The van der Waals surface area contributed by atoms with Crippen molar-refractivity contribution in [1.82, 2.24) is 9.97 Å². The maximum Gasteiger partial charge on any atom is 0.134 e. The molecule has 0 aliphatic rings. The zero-order valence-electron chi connectivity index (χ0n) is 7.55. The van der Waals surface area contributed by atoms with Gasteiger partial charge in [0.1, 0.15) is 16.8 Å². The number of aryl methyl sites for hydroxylation is 1. The molecule has 0 atom stereocenters.